The van der Waals surface area contributed by atoms with E-state index in [0.29, 0.717) is 19.3 Å². The standard InChI is InChI=1S/C57H104O6/c1-4-7-10-13-16-19-22-25-27-28-29-30-31-33-35-38-41-44-47-50-56(59)62-53-54(52-61-55(58)49-46-43-40-37-34-24-21-18-15-12-9-6-3)63-57(60)51-48-45-42-39-36-32-26-23-20-17-14-11-8-5-2/h18,21,28-29,32,36,54H,4-17,19-20,22-27,30-31,33-35,37-53H2,1-3H3/b21-18-,29-28-,36-32-. The molecule has 0 spiro atoms. The van der Waals surface area contributed by atoms with Crippen molar-refractivity contribution in [2.24, 2.45) is 0 Å². The van der Waals surface area contributed by atoms with Crippen molar-refractivity contribution in [3.63, 3.8) is 0 Å². The summed E-state index contributed by atoms with van der Waals surface area (Å²) in [5.74, 6) is -0.900. The van der Waals surface area contributed by atoms with Crippen LogP contribution in [-0.4, -0.2) is 37.2 Å². The Hall–Kier alpha value is -2.37. The summed E-state index contributed by atoms with van der Waals surface area (Å²) in [7, 11) is 0. The Morgan fingerprint density at radius 1 is 0.302 bits per heavy atom. The summed E-state index contributed by atoms with van der Waals surface area (Å²) in [6, 6.07) is 0. The first-order valence-corrected chi connectivity index (χ1v) is 27.5. The van der Waals surface area contributed by atoms with Gasteiger partial charge in [0.15, 0.2) is 6.10 Å². The third-order valence-corrected chi connectivity index (χ3v) is 12.1. The highest BCUT2D eigenvalue weighted by molar-refractivity contribution is 5.71. The van der Waals surface area contributed by atoms with Gasteiger partial charge in [-0.2, -0.15) is 0 Å². The van der Waals surface area contributed by atoms with Gasteiger partial charge in [-0.25, -0.2) is 0 Å². The molecule has 0 aromatic heterocycles. The molecule has 368 valence electrons. The largest absolute Gasteiger partial charge is 0.462 e. The lowest BCUT2D eigenvalue weighted by Gasteiger charge is -2.18. The molecule has 0 aliphatic carbocycles. The van der Waals surface area contributed by atoms with Gasteiger partial charge in [0.2, 0.25) is 0 Å². The Balaban J connectivity index is 4.34. The fourth-order valence-corrected chi connectivity index (χ4v) is 7.90. The zero-order valence-corrected chi connectivity index (χ0v) is 42.1. The average Bonchev–Trinajstić information content (AvgIpc) is 3.28. The molecule has 63 heavy (non-hydrogen) atoms. The molecule has 0 amide bonds. The van der Waals surface area contributed by atoms with Crippen LogP contribution in [0.15, 0.2) is 36.5 Å². The van der Waals surface area contributed by atoms with E-state index >= 15 is 0 Å². The van der Waals surface area contributed by atoms with Crippen molar-refractivity contribution < 1.29 is 28.6 Å². The minimum atomic E-state index is -0.782. The minimum absolute atomic E-state index is 0.0813. The lowest BCUT2D eigenvalue weighted by Crippen LogP contribution is -2.30. The molecule has 0 aliphatic rings. The lowest BCUT2D eigenvalue weighted by atomic mass is 10.1. The van der Waals surface area contributed by atoms with Gasteiger partial charge in [0.05, 0.1) is 0 Å². The van der Waals surface area contributed by atoms with Gasteiger partial charge < -0.3 is 14.2 Å². The molecule has 0 fully saturated rings. The molecule has 0 aromatic rings. The zero-order chi connectivity index (χ0) is 45.8. The molecule has 0 saturated heterocycles. The van der Waals surface area contributed by atoms with E-state index in [1.807, 2.05) is 0 Å². The highest BCUT2D eigenvalue weighted by Gasteiger charge is 2.19. The quantitative estimate of drug-likeness (QED) is 0.0262. The molecular formula is C57H104O6. The third-order valence-electron chi connectivity index (χ3n) is 12.1. The van der Waals surface area contributed by atoms with Gasteiger partial charge in [0, 0.05) is 19.3 Å². The second-order valence-corrected chi connectivity index (χ2v) is 18.5. The highest BCUT2D eigenvalue weighted by Crippen LogP contribution is 2.15. The third kappa shape index (κ3) is 50.5. The molecule has 1 unspecified atom stereocenters. The number of esters is 3. The average molecular weight is 885 g/mol. The number of hydrogen-bond donors (Lipinski definition) is 0. The van der Waals surface area contributed by atoms with E-state index in [1.54, 1.807) is 0 Å². The van der Waals surface area contributed by atoms with Crippen molar-refractivity contribution in [1.29, 1.82) is 0 Å². The number of hydrogen-bond acceptors (Lipinski definition) is 6. The number of carbonyl (C=O) groups excluding carboxylic acids is 3. The first kappa shape index (κ1) is 60.6. The molecule has 0 aromatic carbocycles. The van der Waals surface area contributed by atoms with E-state index in [0.717, 1.165) is 77.0 Å². The summed E-state index contributed by atoms with van der Waals surface area (Å²) in [5, 5.41) is 0. The number of unbranched alkanes of at least 4 members (excludes halogenated alkanes) is 33. The summed E-state index contributed by atoms with van der Waals surface area (Å²) >= 11 is 0. The topological polar surface area (TPSA) is 78.9 Å². The van der Waals surface area contributed by atoms with Crippen LogP contribution in [0.5, 0.6) is 0 Å². The summed E-state index contributed by atoms with van der Waals surface area (Å²) in [6.45, 7) is 6.61. The normalized spacial score (nSPS) is 12.2. The fraction of sp³-hybridized carbons (Fsp3) is 0.842. The van der Waals surface area contributed by atoms with Crippen molar-refractivity contribution in [2.45, 2.75) is 297 Å². The van der Waals surface area contributed by atoms with Crippen LogP contribution in [0, 0.1) is 0 Å². The van der Waals surface area contributed by atoms with Gasteiger partial charge in [-0.05, 0) is 96.3 Å². The van der Waals surface area contributed by atoms with Crippen molar-refractivity contribution in [3.8, 4) is 0 Å². The molecule has 6 heteroatoms. The number of allylic oxidation sites excluding steroid dienone is 6. The maximum absolute atomic E-state index is 12.8. The molecule has 0 heterocycles. The molecule has 0 radical (unpaired) electrons. The lowest BCUT2D eigenvalue weighted by molar-refractivity contribution is -0.167. The first-order chi connectivity index (χ1) is 31.0. The fourth-order valence-electron chi connectivity index (χ4n) is 7.90. The second-order valence-electron chi connectivity index (χ2n) is 18.5. The van der Waals surface area contributed by atoms with Crippen LogP contribution < -0.4 is 0 Å². The maximum Gasteiger partial charge on any atom is 0.306 e. The molecule has 0 bridgehead atoms. The smallest absolute Gasteiger partial charge is 0.306 e. The maximum atomic E-state index is 12.8. The summed E-state index contributed by atoms with van der Waals surface area (Å²) in [4.78, 5) is 38.0. The SMILES string of the molecule is CCCCC/C=C\CCCCCCCC(=O)OCC(COC(=O)CCCCCCCCC/C=C\CCCCCCCCCC)OC(=O)CCCCC/C=C\CCCCCCCCC. The summed E-state index contributed by atoms with van der Waals surface area (Å²) < 4.78 is 16.8. The van der Waals surface area contributed by atoms with Gasteiger partial charge in [-0.15, -0.1) is 0 Å². The monoisotopic (exact) mass is 885 g/mol. The Labute approximate surface area is 391 Å². The van der Waals surface area contributed by atoms with Crippen LogP contribution in [0.25, 0.3) is 0 Å². The number of carbonyl (C=O) groups is 3. The van der Waals surface area contributed by atoms with Crippen molar-refractivity contribution in [1.82, 2.24) is 0 Å². The van der Waals surface area contributed by atoms with E-state index in [2.05, 4.69) is 57.2 Å². The van der Waals surface area contributed by atoms with Crippen LogP contribution in [0.2, 0.25) is 0 Å². The van der Waals surface area contributed by atoms with Crippen LogP contribution in [0.3, 0.4) is 0 Å². The van der Waals surface area contributed by atoms with Crippen molar-refractivity contribution in [2.75, 3.05) is 13.2 Å². The van der Waals surface area contributed by atoms with Crippen LogP contribution >= 0.6 is 0 Å². The first-order valence-electron chi connectivity index (χ1n) is 27.5. The molecule has 1 atom stereocenters. The molecule has 6 nitrogen and oxygen atoms in total. The number of rotatable bonds is 50. The predicted molar refractivity (Wildman–Crippen MR) is 270 cm³/mol. The second kappa shape index (κ2) is 52.3. The number of ether oxygens (including phenoxy) is 3. The van der Waals surface area contributed by atoms with Crippen molar-refractivity contribution in [3.05, 3.63) is 36.5 Å². The van der Waals surface area contributed by atoms with Gasteiger partial charge in [-0.3, -0.25) is 14.4 Å². The predicted octanol–water partition coefficient (Wildman–Crippen LogP) is 18.1. The summed E-state index contributed by atoms with van der Waals surface area (Å²) in [5.41, 5.74) is 0. The Kier molecular flexibility index (Phi) is 50.3. The summed E-state index contributed by atoms with van der Waals surface area (Å²) in [6.07, 6.45) is 61.3. The van der Waals surface area contributed by atoms with Crippen LogP contribution in [-0.2, 0) is 28.6 Å². The van der Waals surface area contributed by atoms with E-state index in [4.69, 9.17) is 14.2 Å². The van der Waals surface area contributed by atoms with Gasteiger partial charge >= 0.3 is 17.9 Å². The molecule has 0 N–H and O–H groups in total. The molecule has 0 aliphatic heterocycles. The van der Waals surface area contributed by atoms with Gasteiger partial charge in [0.25, 0.3) is 0 Å². The highest BCUT2D eigenvalue weighted by atomic mass is 16.6. The van der Waals surface area contributed by atoms with Gasteiger partial charge in [0.1, 0.15) is 13.2 Å². The van der Waals surface area contributed by atoms with E-state index in [1.165, 1.54) is 173 Å². The minimum Gasteiger partial charge on any atom is -0.462 e. The Bertz CT molecular complexity index is 1060. The van der Waals surface area contributed by atoms with Crippen LogP contribution in [0.4, 0.5) is 0 Å². The van der Waals surface area contributed by atoms with E-state index in [-0.39, 0.29) is 31.1 Å². The Morgan fingerprint density at radius 3 is 0.841 bits per heavy atom. The zero-order valence-electron chi connectivity index (χ0n) is 42.1. The Morgan fingerprint density at radius 2 is 0.524 bits per heavy atom. The van der Waals surface area contributed by atoms with Crippen molar-refractivity contribution >= 4 is 17.9 Å². The molecular weight excluding hydrogens is 781 g/mol. The molecule has 0 rings (SSSR count). The van der Waals surface area contributed by atoms with Crippen LogP contribution in [0.1, 0.15) is 290 Å². The van der Waals surface area contributed by atoms with E-state index in [9.17, 15) is 14.4 Å². The molecule has 0 saturated carbocycles. The van der Waals surface area contributed by atoms with Gasteiger partial charge in [-0.1, -0.05) is 211 Å². The van der Waals surface area contributed by atoms with E-state index < -0.39 is 6.10 Å².